The van der Waals surface area contributed by atoms with Crippen LogP contribution in [-0.2, 0) is 9.53 Å². The van der Waals surface area contributed by atoms with Crippen molar-refractivity contribution in [2.45, 2.75) is 218 Å². The smallest absolute Gasteiger partial charge is 0.305 e. The molecule has 0 heterocycles. The first-order valence-electron chi connectivity index (χ1n) is 18.1. The van der Waals surface area contributed by atoms with Gasteiger partial charge in [-0.2, -0.15) is 0 Å². The van der Waals surface area contributed by atoms with Gasteiger partial charge >= 0.3 is 5.97 Å². The number of carbonyl (C=O) groups is 1. The quantitative estimate of drug-likeness (QED) is 0.0472. The van der Waals surface area contributed by atoms with Gasteiger partial charge in [0.1, 0.15) is 6.61 Å². The summed E-state index contributed by atoms with van der Waals surface area (Å²) in [4.78, 5) is 12.0. The monoisotopic (exact) mass is 587 g/mol. The third kappa shape index (κ3) is 32.2. The average Bonchev–Trinajstić information content (AvgIpc) is 2.95. The second kappa shape index (κ2) is 33.2. The number of unbranched alkanes of at least 4 members (excludes halogenated alkanes) is 23. The van der Waals surface area contributed by atoms with Crippen LogP contribution in [0.1, 0.15) is 206 Å². The van der Waals surface area contributed by atoms with Crippen LogP contribution in [0.3, 0.4) is 0 Å². The van der Waals surface area contributed by atoms with E-state index in [1.165, 1.54) is 141 Å². The second-order valence-electron chi connectivity index (χ2n) is 12.5. The fourth-order valence-corrected chi connectivity index (χ4v) is 5.78. The molecule has 4 heteroatoms. The molecule has 0 aliphatic heterocycles. The van der Waals surface area contributed by atoms with Gasteiger partial charge in [0, 0.05) is 6.42 Å². The molecule has 0 amide bonds. The van der Waals surface area contributed by atoms with Gasteiger partial charge in [-0.3, -0.25) is 4.79 Å². The summed E-state index contributed by atoms with van der Waals surface area (Å²) in [7, 11) is 0. The molecule has 0 radical (unpaired) electrons. The molecule has 0 rings (SSSR count). The third-order valence-electron chi connectivity index (χ3n) is 8.36. The minimum absolute atomic E-state index is 0.0385. The van der Waals surface area contributed by atoms with Crippen molar-refractivity contribution in [1.82, 2.24) is 0 Å². The van der Waals surface area contributed by atoms with Crippen LogP contribution in [0.15, 0.2) is 0 Å². The summed E-state index contributed by atoms with van der Waals surface area (Å²) in [6.07, 6.45) is 36.8. The maximum Gasteiger partial charge on any atom is 0.305 e. The summed E-state index contributed by atoms with van der Waals surface area (Å²) in [5.41, 5.74) is 0. The Morgan fingerprint density at radius 3 is 1.27 bits per heavy atom. The first-order valence-corrected chi connectivity index (χ1v) is 18.5. The Bertz CT molecular complexity index is 498. The molecule has 40 heavy (non-hydrogen) atoms. The van der Waals surface area contributed by atoms with E-state index >= 15 is 0 Å². The van der Waals surface area contributed by atoms with Crippen molar-refractivity contribution in [2.24, 2.45) is 0 Å². The van der Waals surface area contributed by atoms with Crippen LogP contribution in [0.2, 0.25) is 0 Å². The molecule has 1 N–H and O–H groups in total. The largest absolute Gasteiger partial charge is 0.464 e. The maximum absolute atomic E-state index is 12.0. The number of aliphatic hydroxyl groups excluding tert-OH is 1. The zero-order valence-electron chi connectivity index (χ0n) is 27.2. The zero-order chi connectivity index (χ0) is 29.4. The summed E-state index contributed by atoms with van der Waals surface area (Å²) in [6.45, 7) is 4.87. The topological polar surface area (TPSA) is 46.5 Å². The number of hydrogen-bond donors (Lipinski definition) is 1. The van der Waals surface area contributed by atoms with Crippen molar-refractivity contribution in [3.63, 3.8) is 0 Å². The Morgan fingerprint density at radius 2 is 0.850 bits per heavy atom. The fourth-order valence-electron chi connectivity index (χ4n) is 5.56. The van der Waals surface area contributed by atoms with E-state index in [9.17, 15) is 9.90 Å². The van der Waals surface area contributed by atoms with Crippen LogP contribution < -0.4 is 0 Å². The number of alkyl halides is 1. The van der Waals surface area contributed by atoms with Gasteiger partial charge in [0.05, 0.1) is 11.5 Å². The Kier molecular flexibility index (Phi) is 33.0. The number of rotatable bonds is 33. The first kappa shape index (κ1) is 39.7. The first-order chi connectivity index (χ1) is 19.6. The molecule has 0 saturated carbocycles. The van der Waals surface area contributed by atoms with Crippen LogP contribution in [0.25, 0.3) is 0 Å². The normalized spacial score (nSPS) is 13.0. The molecule has 0 aliphatic rings. The summed E-state index contributed by atoms with van der Waals surface area (Å²) in [5.74, 6) is -0.0835. The Labute approximate surface area is 256 Å². The SMILES string of the molecule is CCCCCCCCCCCCCCCCC(Cl)COC(=O)CCCCCCCCCCC(O)CCCCCC. The van der Waals surface area contributed by atoms with Crippen LogP contribution in [-0.4, -0.2) is 29.2 Å². The van der Waals surface area contributed by atoms with E-state index in [-0.39, 0.29) is 17.5 Å². The molecular weight excluding hydrogens is 516 g/mol. The molecule has 0 spiro atoms. The molecular formula is C36H71ClO3. The van der Waals surface area contributed by atoms with Gasteiger partial charge in [-0.25, -0.2) is 0 Å². The summed E-state index contributed by atoms with van der Waals surface area (Å²) in [5, 5.41) is 10.00. The highest BCUT2D eigenvalue weighted by atomic mass is 35.5. The molecule has 0 fully saturated rings. The van der Waals surface area contributed by atoms with Crippen LogP contribution >= 0.6 is 11.6 Å². The van der Waals surface area contributed by atoms with Gasteiger partial charge in [-0.1, -0.05) is 174 Å². The Hall–Kier alpha value is -0.280. The van der Waals surface area contributed by atoms with E-state index in [1.807, 2.05) is 0 Å². The van der Waals surface area contributed by atoms with Crippen LogP contribution in [0.5, 0.6) is 0 Å². The van der Waals surface area contributed by atoms with Gasteiger partial charge < -0.3 is 9.84 Å². The number of halogens is 1. The van der Waals surface area contributed by atoms with Crippen LogP contribution in [0.4, 0.5) is 0 Å². The average molecular weight is 587 g/mol. The van der Waals surface area contributed by atoms with Crippen molar-refractivity contribution >= 4 is 17.6 Å². The molecule has 2 unspecified atom stereocenters. The fraction of sp³-hybridized carbons (Fsp3) is 0.972. The summed E-state index contributed by atoms with van der Waals surface area (Å²) < 4.78 is 5.41. The van der Waals surface area contributed by atoms with E-state index in [1.54, 1.807) is 0 Å². The minimum atomic E-state index is -0.0882. The molecule has 0 saturated heterocycles. The lowest BCUT2D eigenvalue weighted by Crippen LogP contribution is -2.14. The van der Waals surface area contributed by atoms with E-state index in [2.05, 4.69) is 13.8 Å². The van der Waals surface area contributed by atoms with Gasteiger partial charge in [-0.05, 0) is 25.7 Å². The highest BCUT2D eigenvalue weighted by Gasteiger charge is 2.09. The lowest BCUT2D eigenvalue weighted by atomic mass is 10.0. The Morgan fingerprint density at radius 1 is 0.525 bits per heavy atom. The lowest BCUT2D eigenvalue weighted by Gasteiger charge is -2.10. The molecule has 0 aromatic rings. The highest BCUT2D eigenvalue weighted by molar-refractivity contribution is 6.20. The van der Waals surface area contributed by atoms with E-state index in [0.717, 1.165) is 44.9 Å². The van der Waals surface area contributed by atoms with Crippen molar-refractivity contribution in [3.05, 3.63) is 0 Å². The maximum atomic E-state index is 12.0. The third-order valence-corrected chi connectivity index (χ3v) is 8.70. The van der Waals surface area contributed by atoms with E-state index < -0.39 is 0 Å². The molecule has 240 valence electrons. The standard InChI is InChI=1S/C36H71ClO3/c1-3-5-7-9-10-11-12-13-14-15-16-19-22-25-29-34(37)33-40-36(39)32-28-24-21-18-17-20-23-27-31-35(38)30-26-8-6-4-2/h34-35,38H,3-33H2,1-2H3. The lowest BCUT2D eigenvalue weighted by molar-refractivity contribution is -0.143. The van der Waals surface area contributed by atoms with Crippen molar-refractivity contribution in [2.75, 3.05) is 6.61 Å². The predicted molar refractivity (Wildman–Crippen MR) is 176 cm³/mol. The molecule has 2 atom stereocenters. The molecule has 0 bridgehead atoms. The summed E-state index contributed by atoms with van der Waals surface area (Å²) >= 11 is 6.39. The number of ether oxygens (including phenoxy) is 1. The predicted octanol–water partition coefficient (Wildman–Crippen LogP) is 12.2. The van der Waals surface area contributed by atoms with Gasteiger partial charge in [-0.15, -0.1) is 11.6 Å². The summed E-state index contributed by atoms with van der Waals surface area (Å²) in [6, 6.07) is 0. The van der Waals surface area contributed by atoms with Gasteiger partial charge in [0.25, 0.3) is 0 Å². The molecule has 0 aliphatic carbocycles. The van der Waals surface area contributed by atoms with Crippen molar-refractivity contribution in [3.8, 4) is 0 Å². The molecule has 0 aromatic heterocycles. The molecule has 0 aromatic carbocycles. The van der Waals surface area contributed by atoms with Crippen molar-refractivity contribution < 1.29 is 14.6 Å². The minimum Gasteiger partial charge on any atom is -0.464 e. The van der Waals surface area contributed by atoms with Gasteiger partial charge in [0.15, 0.2) is 0 Å². The number of esters is 1. The van der Waals surface area contributed by atoms with E-state index in [4.69, 9.17) is 16.3 Å². The second-order valence-corrected chi connectivity index (χ2v) is 13.2. The van der Waals surface area contributed by atoms with Gasteiger partial charge in [0.2, 0.25) is 0 Å². The van der Waals surface area contributed by atoms with Crippen molar-refractivity contribution in [1.29, 1.82) is 0 Å². The van der Waals surface area contributed by atoms with Crippen LogP contribution in [0, 0.1) is 0 Å². The number of hydrogen-bond acceptors (Lipinski definition) is 3. The van der Waals surface area contributed by atoms with E-state index in [0.29, 0.717) is 13.0 Å². The Balaban J connectivity index is 3.32. The number of aliphatic hydroxyl groups is 1. The zero-order valence-corrected chi connectivity index (χ0v) is 28.0. The molecule has 3 nitrogen and oxygen atoms in total. The number of carbonyl (C=O) groups excluding carboxylic acids is 1. The highest BCUT2D eigenvalue weighted by Crippen LogP contribution is 2.17.